The summed E-state index contributed by atoms with van der Waals surface area (Å²) in [6, 6.07) is 10.3. The maximum atomic E-state index is 14.7. The Labute approximate surface area is 191 Å². The van der Waals surface area contributed by atoms with Gasteiger partial charge in [0.15, 0.2) is 0 Å². The Morgan fingerprint density at radius 3 is 2.81 bits per heavy atom. The topological polar surface area (TPSA) is 68.4 Å². The summed E-state index contributed by atoms with van der Waals surface area (Å²) in [7, 11) is 3.81. The Morgan fingerprint density at radius 2 is 2.06 bits per heavy atom. The first-order valence-corrected chi connectivity index (χ1v) is 10.9. The molecule has 0 spiro atoms. The molecule has 0 bridgehead atoms. The first-order valence-electron chi connectivity index (χ1n) is 10.5. The summed E-state index contributed by atoms with van der Waals surface area (Å²) in [5.41, 5.74) is 2.84. The summed E-state index contributed by atoms with van der Waals surface area (Å²) in [6.07, 6.45) is 0.730. The van der Waals surface area contributed by atoms with Crippen molar-refractivity contribution in [2.75, 3.05) is 32.5 Å². The number of pyridine rings is 1. The summed E-state index contributed by atoms with van der Waals surface area (Å²) < 4.78 is 14.7. The highest BCUT2D eigenvalue weighted by Gasteiger charge is 2.27. The Hall–Kier alpha value is -2.90. The smallest absolute Gasteiger partial charge is 0.256 e. The van der Waals surface area contributed by atoms with E-state index < -0.39 is 5.82 Å². The molecule has 32 heavy (non-hydrogen) atoms. The minimum Gasteiger partial charge on any atom is -0.374 e. The van der Waals surface area contributed by atoms with Crippen LogP contribution in [-0.4, -0.2) is 47.9 Å². The predicted octanol–water partition coefficient (Wildman–Crippen LogP) is 3.94. The normalized spacial score (nSPS) is 15.8. The maximum absolute atomic E-state index is 14.7. The zero-order chi connectivity index (χ0) is 23.0. The van der Waals surface area contributed by atoms with Gasteiger partial charge in [-0.15, -0.1) is 0 Å². The number of amides is 1. The SMILES string of the molecule is C[C@H]1c2ccc(Cl)cc2CCN1C(=O)CNc1cc2cc(CN(C)C)[nH]c(=O)c2cc1F. The molecule has 2 N–H and O–H groups in total. The van der Waals surface area contributed by atoms with Crippen molar-refractivity contribution in [1.82, 2.24) is 14.8 Å². The Morgan fingerprint density at radius 1 is 1.28 bits per heavy atom. The van der Waals surface area contributed by atoms with Gasteiger partial charge in [-0.05, 0) is 74.3 Å². The Balaban J connectivity index is 1.52. The number of aromatic nitrogens is 1. The highest BCUT2D eigenvalue weighted by molar-refractivity contribution is 6.30. The third kappa shape index (κ3) is 4.49. The molecule has 1 atom stereocenters. The fourth-order valence-corrected chi connectivity index (χ4v) is 4.51. The van der Waals surface area contributed by atoms with Crippen LogP contribution in [0, 0.1) is 5.82 Å². The molecule has 8 heteroatoms. The van der Waals surface area contributed by atoms with E-state index in [2.05, 4.69) is 10.3 Å². The summed E-state index contributed by atoms with van der Waals surface area (Å²) in [5, 5.41) is 4.52. The number of hydrogen-bond acceptors (Lipinski definition) is 4. The second-order valence-electron chi connectivity index (χ2n) is 8.49. The first-order chi connectivity index (χ1) is 15.2. The molecule has 0 aliphatic carbocycles. The summed E-state index contributed by atoms with van der Waals surface area (Å²) in [4.78, 5) is 31.8. The molecular formula is C24H26ClFN4O2. The van der Waals surface area contributed by atoms with Crippen LogP contribution in [-0.2, 0) is 17.8 Å². The van der Waals surface area contributed by atoms with Crippen LogP contribution in [0.1, 0.15) is 29.8 Å². The molecule has 4 rings (SSSR count). The van der Waals surface area contributed by atoms with E-state index in [0.717, 1.165) is 23.2 Å². The van der Waals surface area contributed by atoms with Crippen LogP contribution in [0.25, 0.3) is 10.8 Å². The maximum Gasteiger partial charge on any atom is 0.256 e. The lowest BCUT2D eigenvalue weighted by molar-refractivity contribution is -0.131. The van der Waals surface area contributed by atoms with Gasteiger partial charge in [-0.25, -0.2) is 4.39 Å². The Kier molecular flexibility index (Phi) is 6.22. The quantitative estimate of drug-likeness (QED) is 0.610. The number of benzene rings is 2. The van der Waals surface area contributed by atoms with Crippen LogP contribution in [0.2, 0.25) is 5.02 Å². The monoisotopic (exact) mass is 456 g/mol. The van der Waals surface area contributed by atoms with Crippen molar-refractivity contribution in [3.63, 3.8) is 0 Å². The van der Waals surface area contributed by atoms with Gasteiger partial charge in [-0.1, -0.05) is 17.7 Å². The molecule has 3 aromatic rings. The van der Waals surface area contributed by atoms with Crippen LogP contribution in [0.15, 0.2) is 41.2 Å². The van der Waals surface area contributed by atoms with Gasteiger partial charge in [0.1, 0.15) is 5.82 Å². The average molecular weight is 457 g/mol. The molecule has 0 saturated heterocycles. The minimum absolute atomic E-state index is 0.0383. The molecular weight excluding hydrogens is 431 g/mol. The molecule has 0 radical (unpaired) electrons. The van der Waals surface area contributed by atoms with E-state index in [1.54, 1.807) is 11.0 Å². The van der Waals surface area contributed by atoms with Crippen molar-refractivity contribution in [2.45, 2.75) is 25.9 Å². The highest BCUT2D eigenvalue weighted by Crippen LogP contribution is 2.31. The molecule has 0 fully saturated rings. The second kappa shape index (κ2) is 8.92. The zero-order valence-corrected chi connectivity index (χ0v) is 19.1. The lowest BCUT2D eigenvalue weighted by Crippen LogP contribution is -2.41. The van der Waals surface area contributed by atoms with Crippen molar-refractivity contribution in [3.8, 4) is 0 Å². The van der Waals surface area contributed by atoms with Gasteiger partial charge >= 0.3 is 0 Å². The van der Waals surface area contributed by atoms with Crippen LogP contribution >= 0.6 is 11.6 Å². The summed E-state index contributed by atoms with van der Waals surface area (Å²) >= 11 is 6.09. The Bertz CT molecular complexity index is 1240. The standard InChI is InChI=1S/C24H26ClFN4O2/c1-14-19-5-4-17(25)8-15(19)6-7-30(14)23(31)12-27-22-10-16-9-18(13-29(2)3)28-24(32)20(16)11-21(22)26/h4-5,8-11,14,27H,6-7,12-13H2,1-3H3,(H,28,32)/t14-/m0/s1. The number of aromatic amines is 1. The third-order valence-corrected chi connectivity index (χ3v) is 6.10. The van der Waals surface area contributed by atoms with E-state index in [0.29, 0.717) is 23.5 Å². The van der Waals surface area contributed by atoms with Gasteiger partial charge in [0, 0.05) is 23.8 Å². The molecule has 6 nitrogen and oxygen atoms in total. The van der Waals surface area contributed by atoms with Gasteiger partial charge in [0.2, 0.25) is 5.91 Å². The van der Waals surface area contributed by atoms with Crippen LogP contribution in [0.3, 0.4) is 0 Å². The van der Waals surface area contributed by atoms with E-state index in [1.807, 2.05) is 50.2 Å². The minimum atomic E-state index is -0.567. The van der Waals surface area contributed by atoms with Gasteiger partial charge < -0.3 is 20.1 Å². The average Bonchev–Trinajstić information content (AvgIpc) is 2.72. The molecule has 1 aliphatic heterocycles. The number of nitrogens with one attached hydrogen (secondary N) is 2. The van der Waals surface area contributed by atoms with E-state index in [4.69, 9.17) is 11.6 Å². The molecule has 168 valence electrons. The van der Waals surface area contributed by atoms with Gasteiger partial charge in [0.05, 0.1) is 23.7 Å². The van der Waals surface area contributed by atoms with Crippen molar-refractivity contribution >= 4 is 34.0 Å². The van der Waals surface area contributed by atoms with Gasteiger partial charge in [-0.2, -0.15) is 0 Å². The van der Waals surface area contributed by atoms with Crippen LogP contribution in [0.4, 0.5) is 10.1 Å². The largest absolute Gasteiger partial charge is 0.374 e. The highest BCUT2D eigenvalue weighted by atomic mass is 35.5. The number of anilines is 1. The number of carbonyl (C=O) groups is 1. The molecule has 2 aromatic carbocycles. The number of halogens is 2. The summed E-state index contributed by atoms with van der Waals surface area (Å²) in [6.45, 7) is 3.09. The van der Waals surface area contributed by atoms with Crippen molar-refractivity contribution in [1.29, 1.82) is 0 Å². The molecule has 0 saturated carbocycles. The number of nitrogens with zero attached hydrogens (tertiary/aromatic N) is 2. The second-order valence-corrected chi connectivity index (χ2v) is 8.93. The fourth-order valence-electron chi connectivity index (χ4n) is 4.32. The van der Waals surface area contributed by atoms with E-state index in [9.17, 15) is 14.0 Å². The molecule has 2 heterocycles. The predicted molar refractivity (Wildman–Crippen MR) is 126 cm³/mol. The van der Waals surface area contributed by atoms with E-state index >= 15 is 0 Å². The zero-order valence-electron chi connectivity index (χ0n) is 18.3. The fraction of sp³-hybridized carbons (Fsp3) is 0.333. The molecule has 1 aliphatic rings. The number of carbonyl (C=O) groups excluding carboxylic acids is 1. The van der Waals surface area contributed by atoms with Crippen LogP contribution in [0.5, 0.6) is 0 Å². The van der Waals surface area contributed by atoms with Crippen molar-refractivity contribution < 1.29 is 9.18 Å². The van der Waals surface area contributed by atoms with E-state index in [-0.39, 0.29) is 35.1 Å². The van der Waals surface area contributed by atoms with Crippen LogP contribution < -0.4 is 10.9 Å². The van der Waals surface area contributed by atoms with E-state index in [1.165, 1.54) is 6.07 Å². The molecule has 1 aromatic heterocycles. The van der Waals surface area contributed by atoms with Crippen molar-refractivity contribution in [3.05, 3.63) is 74.4 Å². The number of H-pyrrole nitrogens is 1. The summed E-state index contributed by atoms with van der Waals surface area (Å²) in [5.74, 6) is -0.681. The number of fused-ring (bicyclic) bond motifs is 2. The lowest BCUT2D eigenvalue weighted by Gasteiger charge is -2.35. The number of rotatable bonds is 5. The molecule has 0 unspecified atom stereocenters. The van der Waals surface area contributed by atoms with Crippen molar-refractivity contribution in [2.24, 2.45) is 0 Å². The van der Waals surface area contributed by atoms with Gasteiger partial charge in [0.25, 0.3) is 5.56 Å². The molecule has 1 amide bonds. The lowest BCUT2D eigenvalue weighted by atomic mass is 9.93. The first kappa shape index (κ1) is 22.3. The third-order valence-electron chi connectivity index (χ3n) is 5.87. The number of hydrogen-bond donors (Lipinski definition) is 2. The van der Waals surface area contributed by atoms with Gasteiger partial charge in [-0.3, -0.25) is 9.59 Å².